The Morgan fingerprint density at radius 2 is 2.00 bits per heavy atom. The van der Waals surface area contributed by atoms with Crippen molar-refractivity contribution in [2.45, 2.75) is 66.5 Å². The Morgan fingerprint density at radius 1 is 1.32 bits per heavy atom. The quantitative estimate of drug-likeness (QED) is 0.787. The molecule has 4 heteroatoms. The molecule has 19 heavy (non-hydrogen) atoms. The van der Waals surface area contributed by atoms with E-state index in [4.69, 9.17) is 11.6 Å². The molecule has 0 radical (unpaired) electrons. The Hall–Kier alpha value is -0.540. The highest BCUT2D eigenvalue weighted by Crippen LogP contribution is 2.24. The lowest BCUT2D eigenvalue weighted by molar-refractivity contribution is 0.407. The lowest BCUT2D eigenvalue weighted by atomic mass is 9.97. The summed E-state index contributed by atoms with van der Waals surface area (Å²) in [6, 6.07) is 0.535. The van der Waals surface area contributed by atoms with Crippen molar-refractivity contribution in [3.8, 4) is 0 Å². The van der Waals surface area contributed by atoms with Gasteiger partial charge in [-0.3, -0.25) is 4.68 Å². The summed E-state index contributed by atoms with van der Waals surface area (Å²) in [5.41, 5.74) is 2.15. The smallest absolute Gasteiger partial charge is 0.0847 e. The van der Waals surface area contributed by atoms with Gasteiger partial charge in [0.1, 0.15) is 0 Å². The SMILES string of the molecule is CCCC(CNC(C)C)Cc1c(Cl)c(C)nn1CC. The molecule has 3 nitrogen and oxygen atoms in total. The normalized spacial score (nSPS) is 13.2. The fourth-order valence-corrected chi connectivity index (χ4v) is 2.64. The number of aryl methyl sites for hydroxylation is 2. The van der Waals surface area contributed by atoms with Gasteiger partial charge in [-0.1, -0.05) is 38.8 Å². The number of halogens is 1. The second kappa shape index (κ2) is 7.91. The molecule has 0 aliphatic carbocycles. The summed E-state index contributed by atoms with van der Waals surface area (Å²) in [5.74, 6) is 0.631. The predicted molar refractivity (Wildman–Crippen MR) is 82.9 cm³/mol. The first kappa shape index (κ1) is 16.5. The minimum atomic E-state index is 0.535. The first-order chi connectivity index (χ1) is 8.99. The minimum Gasteiger partial charge on any atom is -0.314 e. The predicted octanol–water partition coefficient (Wildman–Crippen LogP) is 3.82. The number of rotatable bonds is 8. The average molecular weight is 286 g/mol. The van der Waals surface area contributed by atoms with E-state index in [0.29, 0.717) is 12.0 Å². The molecule has 110 valence electrons. The zero-order valence-corrected chi connectivity index (χ0v) is 13.7. The Labute approximate surface area is 122 Å². The zero-order chi connectivity index (χ0) is 14.4. The van der Waals surface area contributed by atoms with Crippen molar-refractivity contribution >= 4 is 11.6 Å². The van der Waals surface area contributed by atoms with Crippen molar-refractivity contribution in [3.05, 3.63) is 16.4 Å². The van der Waals surface area contributed by atoms with Gasteiger partial charge in [-0.05, 0) is 39.2 Å². The maximum absolute atomic E-state index is 6.40. The lowest BCUT2D eigenvalue weighted by Gasteiger charge is -2.19. The largest absolute Gasteiger partial charge is 0.314 e. The van der Waals surface area contributed by atoms with Gasteiger partial charge in [-0.25, -0.2) is 0 Å². The zero-order valence-electron chi connectivity index (χ0n) is 13.0. The van der Waals surface area contributed by atoms with E-state index in [-0.39, 0.29) is 0 Å². The number of nitrogens with zero attached hydrogens (tertiary/aromatic N) is 2. The molecular formula is C15H28ClN3. The maximum atomic E-state index is 6.40. The molecule has 0 aliphatic rings. The Bertz CT molecular complexity index is 385. The van der Waals surface area contributed by atoms with Crippen molar-refractivity contribution in [1.82, 2.24) is 15.1 Å². The highest BCUT2D eigenvalue weighted by Gasteiger charge is 2.17. The van der Waals surface area contributed by atoms with Crippen LogP contribution in [-0.2, 0) is 13.0 Å². The topological polar surface area (TPSA) is 29.9 Å². The Morgan fingerprint density at radius 3 is 2.53 bits per heavy atom. The van der Waals surface area contributed by atoms with Crippen LogP contribution in [0.3, 0.4) is 0 Å². The van der Waals surface area contributed by atoms with Crippen molar-refractivity contribution in [1.29, 1.82) is 0 Å². The molecule has 1 aromatic rings. The van der Waals surface area contributed by atoms with Crippen LogP contribution < -0.4 is 5.32 Å². The molecule has 0 spiro atoms. The van der Waals surface area contributed by atoms with E-state index in [2.05, 4.69) is 42.8 Å². The number of hydrogen-bond acceptors (Lipinski definition) is 2. The van der Waals surface area contributed by atoms with Crippen molar-refractivity contribution in [2.24, 2.45) is 5.92 Å². The Balaban J connectivity index is 2.77. The number of nitrogens with one attached hydrogen (secondary N) is 1. The van der Waals surface area contributed by atoms with E-state index in [1.807, 2.05) is 6.92 Å². The summed E-state index contributed by atoms with van der Waals surface area (Å²) in [6.45, 7) is 12.7. The highest BCUT2D eigenvalue weighted by molar-refractivity contribution is 6.31. The van der Waals surface area contributed by atoms with E-state index in [0.717, 1.165) is 30.2 Å². The van der Waals surface area contributed by atoms with Crippen LogP contribution >= 0.6 is 11.6 Å². The molecule has 1 atom stereocenters. The van der Waals surface area contributed by atoms with Crippen LogP contribution in [0.1, 0.15) is 51.9 Å². The summed E-state index contributed by atoms with van der Waals surface area (Å²) in [4.78, 5) is 0. The van der Waals surface area contributed by atoms with Crippen LogP contribution in [0.15, 0.2) is 0 Å². The van der Waals surface area contributed by atoms with Gasteiger partial charge in [-0.2, -0.15) is 5.10 Å². The second-order valence-corrected chi connectivity index (χ2v) is 5.96. The molecule has 1 aromatic heterocycles. The van der Waals surface area contributed by atoms with Gasteiger partial charge >= 0.3 is 0 Å². The summed E-state index contributed by atoms with van der Waals surface area (Å²) in [5, 5.41) is 8.90. The van der Waals surface area contributed by atoms with Crippen LogP contribution in [0.25, 0.3) is 0 Å². The van der Waals surface area contributed by atoms with Gasteiger partial charge in [0.25, 0.3) is 0 Å². The summed E-state index contributed by atoms with van der Waals surface area (Å²) >= 11 is 6.40. The van der Waals surface area contributed by atoms with Gasteiger partial charge in [0.15, 0.2) is 0 Å². The van der Waals surface area contributed by atoms with Crippen LogP contribution in [0.2, 0.25) is 5.02 Å². The first-order valence-corrected chi connectivity index (χ1v) is 7.82. The molecule has 0 bridgehead atoms. The standard InChI is InChI=1S/C15H28ClN3/c1-6-8-13(10-17-11(3)4)9-14-15(16)12(5)18-19(14)7-2/h11,13,17H,6-10H2,1-5H3. The molecule has 1 unspecified atom stereocenters. The average Bonchev–Trinajstić information content (AvgIpc) is 2.63. The van der Waals surface area contributed by atoms with Crippen molar-refractivity contribution in [2.75, 3.05) is 6.54 Å². The molecule has 0 amide bonds. The van der Waals surface area contributed by atoms with Gasteiger partial charge in [-0.15, -0.1) is 0 Å². The van der Waals surface area contributed by atoms with Crippen LogP contribution in [0, 0.1) is 12.8 Å². The molecule has 0 aliphatic heterocycles. The fraction of sp³-hybridized carbons (Fsp3) is 0.800. The van der Waals surface area contributed by atoms with Crippen molar-refractivity contribution < 1.29 is 0 Å². The van der Waals surface area contributed by atoms with Crippen LogP contribution in [0.5, 0.6) is 0 Å². The Kier molecular flexibility index (Phi) is 6.87. The fourth-order valence-electron chi connectivity index (χ4n) is 2.42. The molecule has 1 heterocycles. The van der Waals surface area contributed by atoms with Gasteiger partial charge in [0, 0.05) is 12.6 Å². The van der Waals surface area contributed by atoms with E-state index >= 15 is 0 Å². The molecule has 1 N–H and O–H groups in total. The summed E-state index contributed by atoms with van der Waals surface area (Å²) in [6.07, 6.45) is 3.45. The first-order valence-electron chi connectivity index (χ1n) is 7.44. The van der Waals surface area contributed by atoms with Crippen LogP contribution in [0.4, 0.5) is 0 Å². The lowest BCUT2D eigenvalue weighted by Crippen LogP contribution is -2.30. The molecule has 0 fully saturated rings. The van der Waals surface area contributed by atoms with Gasteiger partial charge < -0.3 is 5.32 Å². The third kappa shape index (κ3) is 4.81. The molecule has 0 saturated heterocycles. The third-order valence-corrected chi connectivity index (χ3v) is 3.94. The number of aromatic nitrogens is 2. The monoisotopic (exact) mass is 285 g/mol. The number of hydrogen-bond donors (Lipinski definition) is 1. The molecule has 1 rings (SSSR count). The molecule has 0 saturated carbocycles. The highest BCUT2D eigenvalue weighted by atomic mass is 35.5. The van der Waals surface area contributed by atoms with Gasteiger partial charge in [0.2, 0.25) is 0 Å². The van der Waals surface area contributed by atoms with E-state index in [1.165, 1.54) is 18.5 Å². The van der Waals surface area contributed by atoms with Crippen LogP contribution in [-0.4, -0.2) is 22.4 Å². The summed E-state index contributed by atoms with van der Waals surface area (Å²) in [7, 11) is 0. The third-order valence-electron chi connectivity index (χ3n) is 3.45. The van der Waals surface area contributed by atoms with E-state index in [1.54, 1.807) is 0 Å². The van der Waals surface area contributed by atoms with Crippen molar-refractivity contribution in [3.63, 3.8) is 0 Å². The van der Waals surface area contributed by atoms with E-state index < -0.39 is 0 Å². The molecule has 0 aromatic carbocycles. The maximum Gasteiger partial charge on any atom is 0.0847 e. The summed E-state index contributed by atoms with van der Waals surface area (Å²) < 4.78 is 2.05. The second-order valence-electron chi connectivity index (χ2n) is 5.58. The van der Waals surface area contributed by atoms with E-state index in [9.17, 15) is 0 Å². The van der Waals surface area contributed by atoms with Gasteiger partial charge in [0.05, 0.1) is 16.4 Å². The minimum absolute atomic E-state index is 0.535. The molecular weight excluding hydrogens is 258 g/mol.